The molecule has 2 N–H and O–H groups in total. The van der Waals surface area contributed by atoms with Crippen molar-refractivity contribution in [3.05, 3.63) is 34.3 Å². The van der Waals surface area contributed by atoms with Crippen LogP contribution in [0.2, 0.25) is 0 Å². The number of ketones is 1. The number of benzene rings is 1. The number of Topliss-reactive ketones (excluding diaryl/α,β-unsaturated/α-hetero) is 1. The van der Waals surface area contributed by atoms with Gasteiger partial charge in [0.05, 0.1) is 6.61 Å². The maximum atomic E-state index is 12.0. The molecule has 86 valence electrons. The number of carbonyl (C=O) groups is 1. The van der Waals surface area contributed by atoms with Gasteiger partial charge in [-0.25, -0.2) is 0 Å². The standard InChI is InChI=1S/C12H14BrNO2/c13-10-3-1-9(2-4-10)7-11(15)12(14)5-6-16-8-12/h1-4H,5-8,14H2. The van der Waals surface area contributed by atoms with E-state index in [1.54, 1.807) is 0 Å². The lowest BCUT2D eigenvalue weighted by molar-refractivity contribution is -0.123. The van der Waals surface area contributed by atoms with Gasteiger partial charge >= 0.3 is 0 Å². The van der Waals surface area contributed by atoms with Crippen LogP contribution in [0.1, 0.15) is 12.0 Å². The zero-order valence-electron chi connectivity index (χ0n) is 8.91. The topological polar surface area (TPSA) is 52.3 Å². The van der Waals surface area contributed by atoms with Gasteiger partial charge in [0, 0.05) is 17.5 Å². The second kappa shape index (κ2) is 4.65. The number of nitrogens with two attached hydrogens (primary N) is 1. The van der Waals surface area contributed by atoms with Gasteiger partial charge in [0.1, 0.15) is 5.54 Å². The molecular formula is C12H14BrNO2. The summed E-state index contributed by atoms with van der Waals surface area (Å²) in [6.07, 6.45) is 1.01. The minimum Gasteiger partial charge on any atom is -0.379 e. The average molecular weight is 284 g/mol. The summed E-state index contributed by atoms with van der Waals surface area (Å²) < 4.78 is 6.19. The fourth-order valence-corrected chi connectivity index (χ4v) is 2.03. The zero-order valence-corrected chi connectivity index (χ0v) is 10.5. The quantitative estimate of drug-likeness (QED) is 0.918. The van der Waals surface area contributed by atoms with E-state index in [0.29, 0.717) is 26.1 Å². The molecule has 1 atom stereocenters. The molecule has 16 heavy (non-hydrogen) atoms. The summed E-state index contributed by atoms with van der Waals surface area (Å²) in [6, 6.07) is 7.72. The Kier molecular flexibility index (Phi) is 3.42. The van der Waals surface area contributed by atoms with E-state index in [2.05, 4.69) is 15.9 Å². The van der Waals surface area contributed by atoms with Crippen LogP contribution < -0.4 is 5.73 Å². The number of hydrogen-bond acceptors (Lipinski definition) is 3. The first-order valence-corrected chi connectivity index (χ1v) is 6.04. The molecule has 4 heteroatoms. The van der Waals surface area contributed by atoms with Crippen molar-refractivity contribution in [3.63, 3.8) is 0 Å². The molecular weight excluding hydrogens is 270 g/mol. The molecule has 1 aromatic carbocycles. The van der Waals surface area contributed by atoms with Crippen molar-refractivity contribution in [2.24, 2.45) is 5.73 Å². The molecule has 1 aliphatic rings. The van der Waals surface area contributed by atoms with Crippen molar-refractivity contribution in [1.82, 2.24) is 0 Å². The fourth-order valence-electron chi connectivity index (χ4n) is 1.76. The van der Waals surface area contributed by atoms with Crippen LogP contribution in [0, 0.1) is 0 Å². The van der Waals surface area contributed by atoms with Crippen LogP contribution in [0.5, 0.6) is 0 Å². The molecule has 1 saturated heterocycles. The third-order valence-electron chi connectivity index (χ3n) is 2.89. The highest BCUT2D eigenvalue weighted by molar-refractivity contribution is 9.10. The minimum absolute atomic E-state index is 0.0623. The zero-order chi connectivity index (χ0) is 11.6. The van der Waals surface area contributed by atoms with Crippen molar-refractivity contribution < 1.29 is 9.53 Å². The Morgan fingerprint density at radius 2 is 2.12 bits per heavy atom. The molecule has 0 spiro atoms. The Labute approximate surface area is 103 Å². The van der Waals surface area contributed by atoms with Crippen LogP contribution in [0.4, 0.5) is 0 Å². The maximum Gasteiger partial charge on any atom is 0.159 e. The Morgan fingerprint density at radius 3 is 2.69 bits per heavy atom. The van der Waals surface area contributed by atoms with Crippen LogP contribution in [-0.4, -0.2) is 24.5 Å². The van der Waals surface area contributed by atoms with E-state index in [-0.39, 0.29) is 5.78 Å². The molecule has 2 rings (SSSR count). The lowest BCUT2D eigenvalue weighted by atomic mass is 9.90. The molecule has 1 aliphatic heterocycles. The molecule has 0 bridgehead atoms. The summed E-state index contributed by atoms with van der Waals surface area (Å²) >= 11 is 3.36. The monoisotopic (exact) mass is 283 g/mol. The maximum absolute atomic E-state index is 12.0. The SMILES string of the molecule is NC1(C(=O)Cc2ccc(Br)cc2)CCOC1. The summed E-state index contributed by atoms with van der Waals surface area (Å²) in [5.41, 5.74) is 6.22. The lowest BCUT2D eigenvalue weighted by Crippen LogP contribution is -2.49. The average Bonchev–Trinajstić information content (AvgIpc) is 2.70. The lowest BCUT2D eigenvalue weighted by Gasteiger charge is -2.19. The fraction of sp³-hybridized carbons (Fsp3) is 0.417. The third kappa shape index (κ3) is 2.51. The molecule has 3 nitrogen and oxygen atoms in total. The summed E-state index contributed by atoms with van der Waals surface area (Å²) in [5.74, 6) is 0.0623. The second-order valence-corrected chi connectivity index (χ2v) is 5.10. The first-order valence-electron chi connectivity index (χ1n) is 5.24. The van der Waals surface area contributed by atoms with Crippen molar-refractivity contribution in [1.29, 1.82) is 0 Å². The van der Waals surface area contributed by atoms with E-state index in [1.165, 1.54) is 0 Å². The molecule has 1 unspecified atom stereocenters. The van der Waals surface area contributed by atoms with E-state index in [1.807, 2.05) is 24.3 Å². The second-order valence-electron chi connectivity index (χ2n) is 4.19. The van der Waals surface area contributed by atoms with Gasteiger partial charge in [-0.3, -0.25) is 4.79 Å². The normalized spacial score (nSPS) is 24.6. The molecule has 1 aromatic rings. The van der Waals surface area contributed by atoms with Gasteiger partial charge in [-0.05, 0) is 24.1 Å². The molecule has 0 saturated carbocycles. The van der Waals surface area contributed by atoms with E-state index in [0.717, 1.165) is 10.0 Å². The van der Waals surface area contributed by atoms with Gasteiger partial charge < -0.3 is 10.5 Å². The van der Waals surface area contributed by atoms with Crippen molar-refractivity contribution >= 4 is 21.7 Å². The Hall–Kier alpha value is -0.710. The minimum atomic E-state index is -0.771. The highest BCUT2D eigenvalue weighted by atomic mass is 79.9. The highest BCUT2D eigenvalue weighted by Gasteiger charge is 2.37. The number of rotatable bonds is 3. The van der Waals surface area contributed by atoms with Crippen molar-refractivity contribution in [2.75, 3.05) is 13.2 Å². The largest absolute Gasteiger partial charge is 0.379 e. The summed E-state index contributed by atoms with van der Waals surface area (Å²) in [7, 11) is 0. The van der Waals surface area contributed by atoms with Crippen molar-refractivity contribution in [3.8, 4) is 0 Å². The Balaban J connectivity index is 2.04. The van der Waals surface area contributed by atoms with Crippen LogP contribution in [0.15, 0.2) is 28.7 Å². The predicted molar refractivity (Wildman–Crippen MR) is 65.2 cm³/mol. The van der Waals surface area contributed by atoms with Crippen LogP contribution in [0.25, 0.3) is 0 Å². The third-order valence-corrected chi connectivity index (χ3v) is 3.41. The van der Waals surface area contributed by atoms with Gasteiger partial charge in [-0.1, -0.05) is 28.1 Å². The number of carbonyl (C=O) groups excluding carboxylic acids is 1. The van der Waals surface area contributed by atoms with Crippen LogP contribution >= 0.6 is 15.9 Å². The van der Waals surface area contributed by atoms with Gasteiger partial charge in [0.2, 0.25) is 0 Å². The van der Waals surface area contributed by atoms with E-state index < -0.39 is 5.54 Å². The van der Waals surface area contributed by atoms with Crippen molar-refractivity contribution in [2.45, 2.75) is 18.4 Å². The van der Waals surface area contributed by atoms with E-state index in [9.17, 15) is 4.79 Å². The smallest absolute Gasteiger partial charge is 0.159 e. The van der Waals surface area contributed by atoms with Gasteiger partial charge in [-0.15, -0.1) is 0 Å². The number of hydrogen-bond donors (Lipinski definition) is 1. The number of halogens is 1. The van der Waals surface area contributed by atoms with E-state index in [4.69, 9.17) is 10.5 Å². The van der Waals surface area contributed by atoms with Gasteiger partial charge in [0.15, 0.2) is 5.78 Å². The molecule has 1 heterocycles. The number of ether oxygens (including phenoxy) is 1. The summed E-state index contributed by atoms with van der Waals surface area (Å²) in [5, 5.41) is 0. The Bertz CT molecular complexity index is 383. The Morgan fingerprint density at radius 1 is 1.44 bits per heavy atom. The molecule has 0 aromatic heterocycles. The van der Waals surface area contributed by atoms with E-state index >= 15 is 0 Å². The first-order chi connectivity index (χ1) is 7.60. The molecule has 0 amide bonds. The molecule has 1 fully saturated rings. The predicted octanol–water partition coefficient (Wildman–Crippen LogP) is 1.68. The molecule has 0 aliphatic carbocycles. The first kappa shape index (κ1) is 11.8. The van der Waals surface area contributed by atoms with Crippen LogP contribution in [0.3, 0.4) is 0 Å². The van der Waals surface area contributed by atoms with Gasteiger partial charge in [-0.2, -0.15) is 0 Å². The summed E-state index contributed by atoms with van der Waals surface area (Å²) in [6.45, 7) is 0.935. The van der Waals surface area contributed by atoms with Crippen LogP contribution in [-0.2, 0) is 16.0 Å². The summed E-state index contributed by atoms with van der Waals surface area (Å²) in [4.78, 5) is 12.0. The highest BCUT2D eigenvalue weighted by Crippen LogP contribution is 2.19. The van der Waals surface area contributed by atoms with Gasteiger partial charge in [0.25, 0.3) is 0 Å². The molecule has 0 radical (unpaired) electrons.